The first-order valence-electron chi connectivity index (χ1n) is 10.4. The second-order valence-electron chi connectivity index (χ2n) is 7.80. The van der Waals surface area contributed by atoms with E-state index in [9.17, 15) is 14.4 Å². The van der Waals surface area contributed by atoms with Gasteiger partial charge in [-0.2, -0.15) is 0 Å². The topological polar surface area (TPSA) is 113 Å². The highest BCUT2D eigenvalue weighted by molar-refractivity contribution is 6.75. The molecule has 4 rings (SSSR count). The summed E-state index contributed by atoms with van der Waals surface area (Å²) in [5.74, 6) is -0.196. The minimum absolute atomic E-state index is 0.0130. The molecule has 8 nitrogen and oxygen atoms in total. The average molecular weight is 539 g/mol. The molecule has 1 aliphatic rings. The first kappa shape index (κ1) is 26.5. The maximum absolute atomic E-state index is 12.5. The van der Waals surface area contributed by atoms with Gasteiger partial charge in [-0.3, -0.25) is 9.59 Å². The van der Waals surface area contributed by atoms with Crippen molar-refractivity contribution in [3.8, 4) is 0 Å². The summed E-state index contributed by atoms with van der Waals surface area (Å²) in [6.45, 7) is 2.41. The zero-order valence-electron chi connectivity index (χ0n) is 18.8. The molecule has 3 aromatic rings. The van der Waals surface area contributed by atoms with E-state index in [1.54, 1.807) is 24.2 Å². The van der Waals surface area contributed by atoms with Gasteiger partial charge in [0.05, 0.1) is 6.54 Å². The van der Waals surface area contributed by atoms with Gasteiger partial charge in [-0.1, -0.05) is 53.0 Å². The molecule has 0 atom stereocenters. The van der Waals surface area contributed by atoms with Crippen molar-refractivity contribution in [1.29, 1.82) is 0 Å². The van der Waals surface area contributed by atoms with Crippen LogP contribution in [-0.2, 0) is 27.3 Å². The monoisotopic (exact) mass is 537 g/mol. The SMILES string of the molecule is Cc1c(CN(C)C(=O)C=Cc2cnc3c(c2)CCC(=O)N3)oc2ccccc12.O=C(O)C(Cl)(Cl)Cl. The lowest BCUT2D eigenvalue weighted by atomic mass is 10.0. The molecule has 0 saturated carbocycles. The number of aliphatic carboxylic acids is 1. The summed E-state index contributed by atoms with van der Waals surface area (Å²) in [5.41, 5.74) is 3.70. The van der Waals surface area contributed by atoms with Crippen molar-refractivity contribution in [2.24, 2.45) is 0 Å². The van der Waals surface area contributed by atoms with Crippen molar-refractivity contribution in [2.75, 3.05) is 12.4 Å². The molecule has 1 aliphatic heterocycles. The number of benzene rings is 1. The Morgan fingerprint density at radius 3 is 2.60 bits per heavy atom. The van der Waals surface area contributed by atoms with E-state index >= 15 is 0 Å². The molecule has 11 heteroatoms. The van der Waals surface area contributed by atoms with Crippen LogP contribution in [0.25, 0.3) is 17.0 Å². The summed E-state index contributed by atoms with van der Waals surface area (Å²) < 4.78 is 3.72. The lowest BCUT2D eigenvalue weighted by molar-refractivity contribution is -0.136. The fourth-order valence-corrected chi connectivity index (χ4v) is 3.33. The quantitative estimate of drug-likeness (QED) is 0.352. The first-order chi connectivity index (χ1) is 16.5. The molecule has 0 bridgehead atoms. The Balaban J connectivity index is 0.000000429. The van der Waals surface area contributed by atoms with Crippen molar-refractivity contribution in [2.45, 2.75) is 30.1 Å². The summed E-state index contributed by atoms with van der Waals surface area (Å²) in [6, 6.07) is 9.81. The number of nitrogens with one attached hydrogen (secondary N) is 1. The lowest BCUT2D eigenvalue weighted by Gasteiger charge is -2.16. The van der Waals surface area contributed by atoms with Crippen LogP contribution in [0.2, 0.25) is 0 Å². The van der Waals surface area contributed by atoms with Gasteiger partial charge < -0.3 is 19.7 Å². The molecule has 2 N–H and O–H groups in total. The lowest BCUT2D eigenvalue weighted by Crippen LogP contribution is -2.24. The highest BCUT2D eigenvalue weighted by Gasteiger charge is 2.29. The second-order valence-corrected chi connectivity index (χ2v) is 10.1. The highest BCUT2D eigenvalue weighted by atomic mass is 35.6. The molecule has 2 aromatic heterocycles. The van der Waals surface area contributed by atoms with Crippen LogP contribution in [0.1, 0.15) is 28.9 Å². The van der Waals surface area contributed by atoms with Gasteiger partial charge in [0.25, 0.3) is 3.79 Å². The third-order valence-electron chi connectivity index (χ3n) is 5.23. The number of carboxylic acids is 1. The molecule has 0 aliphatic carbocycles. The Bertz CT molecular complexity index is 1300. The molecule has 0 unspecified atom stereocenters. The normalized spacial score (nSPS) is 13.1. The third kappa shape index (κ3) is 6.97. The number of fused-ring (bicyclic) bond motifs is 2. The van der Waals surface area contributed by atoms with E-state index in [0.717, 1.165) is 33.4 Å². The molecule has 3 heterocycles. The summed E-state index contributed by atoms with van der Waals surface area (Å²) in [6.07, 6.45) is 6.05. The standard InChI is InChI=1S/C22H21N3O3.C2HCl3O2/c1-14-17-5-3-4-6-18(17)28-19(14)13-25(2)21(27)10-7-15-11-16-8-9-20(26)24-22(16)23-12-15;3-2(4,5)1(6)7/h3-7,10-12H,8-9,13H2,1-2H3,(H,23,24,26);(H,6,7). The summed E-state index contributed by atoms with van der Waals surface area (Å²) in [7, 11) is 1.75. The van der Waals surface area contributed by atoms with Gasteiger partial charge in [0, 0.05) is 36.7 Å². The first-order valence-corrected chi connectivity index (χ1v) is 11.6. The minimum atomic E-state index is -2.17. The van der Waals surface area contributed by atoms with Crippen LogP contribution < -0.4 is 5.32 Å². The van der Waals surface area contributed by atoms with E-state index in [1.807, 2.05) is 37.3 Å². The number of carbonyl (C=O) groups is 3. The molecular formula is C24H22Cl3N3O5. The van der Waals surface area contributed by atoms with Crippen LogP contribution in [0.4, 0.5) is 5.82 Å². The Kier molecular flexibility index (Phi) is 8.43. The molecular weight excluding hydrogens is 517 g/mol. The van der Waals surface area contributed by atoms with E-state index in [1.165, 1.54) is 6.08 Å². The number of nitrogens with zero attached hydrogens (tertiary/aromatic N) is 2. The van der Waals surface area contributed by atoms with E-state index in [4.69, 9.17) is 44.3 Å². The number of carbonyl (C=O) groups excluding carboxylic acids is 2. The van der Waals surface area contributed by atoms with Crippen molar-refractivity contribution in [3.63, 3.8) is 0 Å². The number of rotatable bonds is 4. The molecule has 0 fully saturated rings. The van der Waals surface area contributed by atoms with Gasteiger partial charge in [-0.05, 0) is 42.7 Å². The Morgan fingerprint density at radius 2 is 1.94 bits per heavy atom. The van der Waals surface area contributed by atoms with Gasteiger partial charge in [-0.15, -0.1) is 0 Å². The molecule has 0 spiro atoms. The smallest absolute Gasteiger partial charge is 0.356 e. The Labute approximate surface area is 216 Å². The van der Waals surface area contributed by atoms with Crippen molar-refractivity contribution in [1.82, 2.24) is 9.88 Å². The van der Waals surface area contributed by atoms with E-state index < -0.39 is 9.76 Å². The third-order valence-corrected chi connectivity index (χ3v) is 5.71. The fourth-order valence-electron chi connectivity index (χ4n) is 3.33. The van der Waals surface area contributed by atoms with Crippen molar-refractivity contribution >= 4 is 75.4 Å². The largest absolute Gasteiger partial charge is 0.478 e. The number of hydrogen-bond donors (Lipinski definition) is 2. The fraction of sp³-hybridized carbons (Fsp3) is 0.250. The molecule has 1 aromatic carbocycles. The van der Waals surface area contributed by atoms with E-state index in [0.29, 0.717) is 25.2 Å². The van der Waals surface area contributed by atoms with E-state index in [2.05, 4.69) is 10.3 Å². The number of anilines is 1. The minimum Gasteiger partial charge on any atom is -0.478 e. The van der Waals surface area contributed by atoms with Crippen molar-refractivity contribution < 1.29 is 23.9 Å². The number of para-hydroxylation sites is 1. The van der Waals surface area contributed by atoms with Crippen LogP contribution in [0.5, 0.6) is 0 Å². The van der Waals surface area contributed by atoms with Crippen LogP contribution in [0.3, 0.4) is 0 Å². The predicted octanol–water partition coefficient (Wildman–Crippen LogP) is 5.13. The number of halogens is 3. The molecule has 2 amide bonds. The summed E-state index contributed by atoms with van der Waals surface area (Å²) in [4.78, 5) is 39.4. The maximum atomic E-state index is 12.5. The van der Waals surface area contributed by atoms with Crippen LogP contribution in [0, 0.1) is 6.92 Å². The number of aryl methyl sites for hydroxylation is 2. The number of carboxylic acid groups (broad SMARTS) is 1. The molecule has 0 radical (unpaired) electrons. The van der Waals surface area contributed by atoms with Gasteiger partial charge in [0.2, 0.25) is 11.8 Å². The molecule has 35 heavy (non-hydrogen) atoms. The zero-order valence-corrected chi connectivity index (χ0v) is 21.1. The van der Waals surface area contributed by atoms with Crippen LogP contribution >= 0.6 is 34.8 Å². The number of hydrogen-bond acceptors (Lipinski definition) is 5. The van der Waals surface area contributed by atoms with Gasteiger partial charge in [0.15, 0.2) is 0 Å². The zero-order chi connectivity index (χ0) is 25.8. The molecule has 0 saturated heterocycles. The number of alkyl halides is 3. The van der Waals surface area contributed by atoms with Gasteiger partial charge >= 0.3 is 5.97 Å². The maximum Gasteiger partial charge on any atom is 0.356 e. The second kappa shape index (κ2) is 11.1. The number of pyridine rings is 1. The average Bonchev–Trinajstić information content (AvgIpc) is 3.12. The van der Waals surface area contributed by atoms with Crippen LogP contribution in [0.15, 0.2) is 47.0 Å². The van der Waals surface area contributed by atoms with E-state index in [-0.39, 0.29) is 11.8 Å². The number of aromatic nitrogens is 1. The number of furan rings is 1. The predicted molar refractivity (Wildman–Crippen MR) is 136 cm³/mol. The summed E-state index contributed by atoms with van der Waals surface area (Å²) in [5, 5.41) is 11.7. The number of amides is 2. The van der Waals surface area contributed by atoms with Gasteiger partial charge in [0.1, 0.15) is 17.2 Å². The Hall–Kier alpha value is -3.07. The Morgan fingerprint density at radius 1 is 1.26 bits per heavy atom. The molecule has 184 valence electrons. The highest BCUT2D eigenvalue weighted by Crippen LogP contribution is 2.26. The van der Waals surface area contributed by atoms with Crippen LogP contribution in [-0.4, -0.2) is 43.6 Å². The summed E-state index contributed by atoms with van der Waals surface area (Å²) >= 11 is 14.4. The number of likely N-dealkylation sites (N-methyl/N-ethyl adjacent to an activating group) is 1. The van der Waals surface area contributed by atoms with Gasteiger partial charge in [-0.25, -0.2) is 9.78 Å². The van der Waals surface area contributed by atoms with Crippen molar-refractivity contribution in [3.05, 3.63) is 65.1 Å².